The van der Waals surface area contributed by atoms with Gasteiger partial charge in [-0.1, -0.05) is 19.1 Å². The third kappa shape index (κ3) is 5.38. The highest BCUT2D eigenvalue weighted by Crippen LogP contribution is 2.33. The molecule has 0 bridgehead atoms. The number of halogens is 3. The maximum atomic E-state index is 13.5. The molecule has 1 unspecified atom stereocenters. The summed E-state index contributed by atoms with van der Waals surface area (Å²) < 4.78 is 70.8. The lowest BCUT2D eigenvalue weighted by molar-refractivity contribution is 0.116. The molecule has 0 amide bonds. The average Bonchev–Trinajstić information content (AvgIpc) is 3.55. The Kier molecular flexibility index (Phi) is 6.75. The van der Waals surface area contributed by atoms with Crippen LogP contribution in [0, 0.1) is 5.82 Å². The summed E-state index contributed by atoms with van der Waals surface area (Å²) in [5.41, 5.74) is 1.04. The lowest BCUT2D eigenvalue weighted by atomic mass is 9.95. The first-order valence-electron chi connectivity index (χ1n) is 10.4. The third-order valence-electron chi connectivity index (χ3n) is 5.43. The monoisotopic (exact) mass is 481 g/mol. The van der Waals surface area contributed by atoms with Gasteiger partial charge in [0, 0.05) is 37.8 Å². The maximum absolute atomic E-state index is 13.5. The molecule has 0 aliphatic heterocycles. The van der Waals surface area contributed by atoms with Gasteiger partial charge in [0.05, 0.1) is 10.8 Å². The van der Waals surface area contributed by atoms with Crippen molar-refractivity contribution in [3.8, 4) is 11.5 Å². The van der Waals surface area contributed by atoms with Crippen molar-refractivity contribution in [2.45, 2.75) is 43.8 Å². The summed E-state index contributed by atoms with van der Waals surface area (Å²) in [5, 5.41) is 6.51. The molecule has 1 aliphatic carbocycles. The second kappa shape index (κ2) is 9.56. The predicted octanol–water partition coefficient (Wildman–Crippen LogP) is 3.74. The van der Waals surface area contributed by atoms with E-state index in [0.29, 0.717) is 25.2 Å². The number of nitrogens with zero attached hydrogens (tertiary/aromatic N) is 5. The number of hydrogen-bond donors (Lipinski definition) is 0. The lowest BCUT2D eigenvalue weighted by Crippen LogP contribution is -2.37. The van der Waals surface area contributed by atoms with Crippen LogP contribution < -0.4 is 0 Å². The molecule has 2 heterocycles. The first kappa shape index (κ1) is 23.3. The molecule has 1 aromatic carbocycles. The van der Waals surface area contributed by atoms with E-state index in [4.69, 9.17) is 4.42 Å². The van der Waals surface area contributed by atoms with Gasteiger partial charge in [0.15, 0.2) is 0 Å². The zero-order chi connectivity index (χ0) is 23.6. The molecule has 0 saturated heterocycles. The van der Waals surface area contributed by atoms with Gasteiger partial charge >= 0.3 is 6.43 Å². The van der Waals surface area contributed by atoms with Crippen molar-refractivity contribution in [1.29, 1.82) is 0 Å². The van der Waals surface area contributed by atoms with Gasteiger partial charge in [-0.25, -0.2) is 27.1 Å². The summed E-state index contributed by atoms with van der Waals surface area (Å²) in [6.07, 6.45) is 1.49. The van der Waals surface area contributed by atoms with Crippen LogP contribution in [0.25, 0.3) is 11.5 Å². The minimum Gasteiger partial charge on any atom is -0.415 e. The average molecular weight is 482 g/mol. The van der Waals surface area contributed by atoms with Gasteiger partial charge in [0.2, 0.25) is 10.0 Å². The van der Waals surface area contributed by atoms with Crippen molar-refractivity contribution in [2.24, 2.45) is 0 Å². The second-order valence-corrected chi connectivity index (χ2v) is 9.99. The summed E-state index contributed by atoms with van der Waals surface area (Å²) in [4.78, 5) is 8.53. The van der Waals surface area contributed by atoms with Crippen LogP contribution in [-0.4, -0.2) is 51.2 Å². The van der Waals surface area contributed by atoms with E-state index in [2.05, 4.69) is 20.2 Å². The normalized spacial score (nSPS) is 15.3. The van der Waals surface area contributed by atoms with Gasteiger partial charge in [-0.15, -0.1) is 10.2 Å². The van der Waals surface area contributed by atoms with Crippen molar-refractivity contribution in [2.75, 3.05) is 13.1 Å². The molecule has 0 N–H and O–H groups in total. The summed E-state index contributed by atoms with van der Waals surface area (Å²) in [7, 11) is -3.40. The fraction of sp³-hybridized carbons (Fsp3) is 0.429. The minimum atomic E-state index is -3.40. The summed E-state index contributed by atoms with van der Waals surface area (Å²) >= 11 is 0. The molecule has 12 heteroatoms. The molecule has 1 fully saturated rings. The first-order chi connectivity index (χ1) is 15.8. The molecular weight excluding hydrogens is 459 g/mol. The van der Waals surface area contributed by atoms with E-state index in [1.165, 1.54) is 28.8 Å². The van der Waals surface area contributed by atoms with Crippen molar-refractivity contribution < 1.29 is 26.0 Å². The number of hydrogen-bond acceptors (Lipinski definition) is 7. The van der Waals surface area contributed by atoms with E-state index < -0.39 is 28.2 Å². The minimum absolute atomic E-state index is 0.125. The molecule has 0 radical (unpaired) electrons. The quantitative estimate of drug-likeness (QED) is 0.435. The van der Waals surface area contributed by atoms with E-state index in [1.807, 2.05) is 0 Å². The summed E-state index contributed by atoms with van der Waals surface area (Å²) in [6.45, 7) is 2.30. The van der Waals surface area contributed by atoms with E-state index in [1.54, 1.807) is 19.1 Å². The van der Waals surface area contributed by atoms with E-state index in [-0.39, 0.29) is 35.6 Å². The fourth-order valence-electron chi connectivity index (χ4n) is 3.49. The topological polar surface area (TPSA) is 102 Å². The Labute approximate surface area is 188 Å². The van der Waals surface area contributed by atoms with Gasteiger partial charge in [-0.05, 0) is 30.5 Å². The number of sulfonamides is 1. The Morgan fingerprint density at radius 1 is 1.12 bits per heavy atom. The van der Waals surface area contributed by atoms with Gasteiger partial charge < -0.3 is 4.42 Å². The Hall–Kier alpha value is -2.86. The molecule has 3 aromatic rings. The standard InChI is InChI=1S/C21H22F3N5O3S/c1-2-29(33(30,31)17-7-8-17)12-14(13-3-5-16(22)6-4-13)9-18-25-10-15(11-26-18)20-27-28-21(32-20)19(23)24/h3-6,10-11,14,17,19H,2,7-9,12H2,1H3. The molecule has 176 valence electrons. The van der Waals surface area contributed by atoms with Crippen molar-refractivity contribution in [3.05, 3.63) is 59.8 Å². The highest BCUT2D eigenvalue weighted by Gasteiger charge is 2.40. The van der Waals surface area contributed by atoms with Gasteiger partial charge in [-0.2, -0.15) is 8.78 Å². The van der Waals surface area contributed by atoms with Gasteiger partial charge in [-0.3, -0.25) is 0 Å². The summed E-state index contributed by atoms with van der Waals surface area (Å²) in [5.74, 6) is -1.22. The molecule has 1 saturated carbocycles. The highest BCUT2D eigenvalue weighted by molar-refractivity contribution is 7.90. The van der Waals surface area contributed by atoms with Crippen LogP contribution in [-0.2, 0) is 16.4 Å². The Morgan fingerprint density at radius 3 is 2.33 bits per heavy atom. The van der Waals surface area contributed by atoms with Crippen LogP contribution in [0.4, 0.5) is 13.2 Å². The number of benzene rings is 1. The number of rotatable bonds is 10. The van der Waals surface area contributed by atoms with Crippen molar-refractivity contribution in [1.82, 2.24) is 24.5 Å². The Morgan fingerprint density at radius 2 is 1.79 bits per heavy atom. The van der Waals surface area contributed by atoms with E-state index in [9.17, 15) is 21.6 Å². The first-order valence-corrected chi connectivity index (χ1v) is 12.0. The van der Waals surface area contributed by atoms with Gasteiger partial charge in [0.25, 0.3) is 11.8 Å². The molecular formula is C21H22F3N5O3S. The fourth-order valence-corrected chi connectivity index (χ4v) is 5.39. The number of aromatic nitrogens is 4. The number of likely N-dealkylation sites (N-methyl/N-ethyl adjacent to an activating group) is 1. The SMILES string of the molecule is CCN(CC(Cc1ncc(-c2nnc(C(F)F)o2)cn1)c1ccc(F)cc1)S(=O)(=O)C1CC1. The van der Waals surface area contributed by atoms with E-state index >= 15 is 0 Å². The zero-order valence-corrected chi connectivity index (χ0v) is 18.6. The van der Waals surface area contributed by atoms with E-state index in [0.717, 1.165) is 5.56 Å². The second-order valence-electron chi connectivity index (χ2n) is 7.78. The van der Waals surface area contributed by atoms with Crippen LogP contribution in [0.5, 0.6) is 0 Å². The predicted molar refractivity (Wildman–Crippen MR) is 112 cm³/mol. The van der Waals surface area contributed by atoms with Gasteiger partial charge in [0.1, 0.15) is 11.6 Å². The van der Waals surface area contributed by atoms with Crippen LogP contribution in [0.15, 0.2) is 41.1 Å². The van der Waals surface area contributed by atoms with Crippen molar-refractivity contribution >= 4 is 10.0 Å². The largest absolute Gasteiger partial charge is 0.415 e. The molecule has 4 rings (SSSR count). The zero-order valence-electron chi connectivity index (χ0n) is 17.7. The Bertz CT molecular complexity index is 1180. The third-order valence-corrected chi connectivity index (χ3v) is 7.87. The molecule has 2 aromatic heterocycles. The highest BCUT2D eigenvalue weighted by atomic mass is 32.2. The summed E-state index contributed by atoms with van der Waals surface area (Å²) in [6, 6.07) is 5.90. The maximum Gasteiger partial charge on any atom is 0.314 e. The van der Waals surface area contributed by atoms with Crippen molar-refractivity contribution in [3.63, 3.8) is 0 Å². The molecule has 1 aliphatic rings. The van der Waals surface area contributed by atoms with Crippen LogP contribution >= 0.6 is 0 Å². The molecule has 8 nitrogen and oxygen atoms in total. The van der Waals surface area contributed by atoms with Crippen LogP contribution in [0.1, 0.15) is 49.4 Å². The molecule has 1 atom stereocenters. The van der Waals surface area contributed by atoms with Crippen LogP contribution in [0.3, 0.4) is 0 Å². The molecule has 0 spiro atoms. The lowest BCUT2D eigenvalue weighted by Gasteiger charge is -2.26. The smallest absolute Gasteiger partial charge is 0.314 e. The number of alkyl halides is 2. The molecule has 33 heavy (non-hydrogen) atoms. The van der Waals surface area contributed by atoms with Crippen LogP contribution in [0.2, 0.25) is 0 Å². The Balaban J connectivity index is 1.56.